The topological polar surface area (TPSA) is 34.0 Å². The zero-order valence-corrected chi connectivity index (χ0v) is 70.6. The zero-order valence-electron chi connectivity index (χ0n) is 67.8. The van der Waals surface area contributed by atoms with Crippen molar-refractivity contribution in [1.29, 1.82) is 0 Å². The molecule has 22 rings (SSSR count). The Kier molecular flexibility index (Phi) is 17.8. The van der Waals surface area contributed by atoms with Crippen LogP contribution in [0, 0.1) is 0 Å². The van der Waals surface area contributed by atoms with Gasteiger partial charge in [0.05, 0.1) is 28.4 Å². The highest BCUT2D eigenvalue weighted by molar-refractivity contribution is 7.20. The molecule has 0 fully saturated rings. The van der Waals surface area contributed by atoms with Gasteiger partial charge in [0.15, 0.2) is 16.1 Å². The van der Waals surface area contributed by atoms with E-state index in [0.29, 0.717) is 0 Å². The van der Waals surface area contributed by atoms with Gasteiger partial charge in [0.2, 0.25) is 0 Å². The van der Waals surface area contributed by atoms with Crippen LogP contribution in [0.4, 0.5) is 17.1 Å². The number of anilines is 3. The summed E-state index contributed by atoms with van der Waals surface area (Å²) in [4.78, 5) is 2.37. The van der Waals surface area contributed by atoms with E-state index in [-0.39, 0.29) is 10.8 Å². The second-order valence-corrected chi connectivity index (χ2v) is 41.7. The molecule has 0 saturated heterocycles. The maximum atomic E-state index is 5.21. The first-order valence-electron chi connectivity index (χ1n) is 42.0. The average Bonchev–Trinajstić information content (AvgIpc) is 1.55. The monoisotopic (exact) mass is 1600 g/mol. The molecule has 2 aromatic heterocycles. The van der Waals surface area contributed by atoms with Gasteiger partial charge in [0.1, 0.15) is 11.0 Å². The minimum absolute atomic E-state index is 0.109. The van der Waals surface area contributed by atoms with Crippen LogP contribution in [0.1, 0.15) is 49.9 Å². The summed E-state index contributed by atoms with van der Waals surface area (Å²) >= 11 is 1.27. The van der Waals surface area contributed by atoms with E-state index in [1.165, 1.54) is 142 Å². The molecule has 0 atom stereocenters. The Morgan fingerprint density at radius 3 is 0.909 bits per heavy atom. The fourth-order valence-electron chi connectivity index (χ4n) is 20.5. The van der Waals surface area contributed by atoms with Gasteiger partial charge in [0.25, 0.3) is 0 Å². The van der Waals surface area contributed by atoms with E-state index >= 15 is 0 Å². The van der Waals surface area contributed by atoms with Crippen molar-refractivity contribution in [2.24, 2.45) is 0 Å². The summed E-state index contributed by atoms with van der Waals surface area (Å²) in [6.07, 6.45) is 0. The predicted octanol–water partition coefficient (Wildman–Crippen LogP) is 24.0. The molecule has 0 spiro atoms. The lowest BCUT2D eigenvalue weighted by Gasteiger charge is -2.34. The van der Waals surface area contributed by atoms with E-state index in [0.717, 1.165) is 67.1 Å². The van der Waals surface area contributed by atoms with Crippen LogP contribution >= 0.6 is 11.7 Å². The molecule has 574 valence electrons. The number of nitrogens with zero attached hydrogens (tertiary/aromatic N) is 4. The minimum atomic E-state index is -2.77. The van der Waals surface area contributed by atoms with Gasteiger partial charge in [-0.3, -0.25) is 0 Å². The van der Waals surface area contributed by atoms with Crippen LogP contribution in [0.25, 0.3) is 116 Å². The van der Waals surface area contributed by atoms with Gasteiger partial charge in [0, 0.05) is 44.2 Å². The maximum absolute atomic E-state index is 5.21. The molecule has 18 aromatic carbocycles. The largest absolute Gasteiger partial charge is 0.309 e. The van der Waals surface area contributed by atoms with Crippen LogP contribution in [-0.4, -0.2) is 29.5 Å². The Labute approximate surface area is 713 Å². The lowest BCUT2D eigenvalue weighted by Crippen LogP contribution is -2.74. The first kappa shape index (κ1) is 73.2. The predicted molar refractivity (Wildman–Crippen MR) is 516 cm³/mol. The average molecular weight is 1600 g/mol. The van der Waals surface area contributed by atoms with Crippen LogP contribution in [0.5, 0.6) is 0 Å². The molecule has 121 heavy (non-hydrogen) atoms. The molecule has 0 radical (unpaired) electrons. The summed E-state index contributed by atoms with van der Waals surface area (Å²) in [6.45, 7) is 9.42. The van der Waals surface area contributed by atoms with Gasteiger partial charge in [-0.1, -0.05) is 380 Å². The molecule has 2 heterocycles. The first-order valence-corrected chi connectivity index (χ1v) is 46.7. The molecule has 7 heteroatoms. The Morgan fingerprint density at radius 1 is 0.240 bits per heavy atom. The van der Waals surface area contributed by atoms with Crippen LogP contribution < -0.4 is 46.4 Å². The van der Waals surface area contributed by atoms with E-state index in [1.54, 1.807) is 0 Å². The molecule has 0 saturated carbocycles. The Hall–Kier alpha value is -14.2. The third-order valence-corrected chi connectivity index (χ3v) is 36.6. The Balaban J connectivity index is 0.646. The summed E-state index contributed by atoms with van der Waals surface area (Å²) in [5, 5.41) is 13.2. The van der Waals surface area contributed by atoms with Gasteiger partial charge in [-0.15, -0.1) is 0 Å². The van der Waals surface area contributed by atoms with Crippen LogP contribution in [0.3, 0.4) is 0 Å². The highest BCUT2D eigenvalue weighted by Crippen LogP contribution is 2.52. The third kappa shape index (κ3) is 12.0. The molecule has 4 nitrogen and oxygen atoms in total. The summed E-state index contributed by atoms with van der Waals surface area (Å²) in [6, 6.07) is 164. The van der Waals surface area contributed by atoms with Crippen molar-refractivity contribution < 1.29 is 0 Å². The van der Waals surface area contributed by atoms with Gasteiger partial charge in [-0.25, -0.2) is 0 Å². The van der Waals surface area contributed by atoms with Gasteiger partial charge in [-0.05, 0) is 221 Å². The van der Waals surface area contributed by atoms with Crippen LogP contribution in [-0.2, 0) is 10.8 Å². The smallest absolute Gasteiger partial charge is 0.179 e. The number of benzene rings is 18. The van der Waals surface area contributed by atoms with Crippen molar-refractivity contribution in [3.05, 3.63) is 459 Å². The van der Waals surface area contributed by atoms with Gasteiger partial charge >= 0.3 is 0 Å². The fraction of sp³-hybridized carbons (Fsp3) is 0.0526. The van der Waals surface area contributed by atoms with Crippen LogP contribution in [0.2, 0.25) is 0 Å². The number of rotatable bonds is 17. The third-order valence-electron chi connectivity index (χ3n) is 26.5. The SMILES string of the molecule is CC1(C)c2ccccc2-c2ccc(-c3ccc(N(c4ccc(-c5ccc6c(c5)C(C)(C)c5ccccc5-6)cc4)c4ccc(-c5ccc(-n6c7ccc(-c8ccc([Si](c9ccccc9)(c9ccccc9)c9ccccc9)cc8)cc7c7cc(-c8ccc([Si](c9ccccc9)(c9ccccc9)c9ccccc9)cc8)ccc76)cc5)c5nsnc45)cc3)cc21. The summed E-state index contributed by atoms with van der Waals surface area (Å²) < 4.78 is 12.9. The van der Waals surface area contributed by atoms with E-state index in [4.69, 9.17) is 8.75 Å². The van der Waals surface area contributed by atoms with Gasteiger partial charge < -0.3 is 9.47 Å². The summed E-state index contributed by atoms with van der Waals surface area (Å²) in [5.41, 5.74) is 30.1. The summed E-state index contributed by atoms with van der Waals surface area (Å²) in [5.74, 6) is 0. The van der Waals surface area contributed by atoms with E-state index in [2.05, 4.69) is 474 Å². The number of aromatic nitrogens is 3. The number of fused-ring (bicyclic) bond motifs is 10. The van der Waals surface area contributed by atoms with E-state index in [1.807, 2.05) is 0 Å². The molecule has 0 unspecified atom stereocenters. The Morgan fingerprint density at radius 2 is 0.529 bits per heavy atom. The standard InChI is InChI=1S/C114H84N4SSi2/c1-113(2)104-41-25-23-39-98(104)100-67-53-84(75-106(100)113)77-43-57-86(58-44-77)117(87-59-45-78(46-60-87)85-54-68-101-99-40-24-26-42-105(99)114(3,4)107(101)76-85)110-72-69-97(111-112(110)116-119-115-111)81-47-61-88(62-48-81)118-108-70-55-82(79-49-63-95(64-50-79)120(89-27-11-5-12-28-89,90-29-13-6-14-30-90)91-31-15-7-16-32-91)73-102(108)103-74-83(56-71-109(103)118)80-51-65-96(66-52-80)121(92-33-17-8-18-34-92,93-35-19-9-20-36-93)94-37-21-10-22-38-94/h5-76H,1-4H3. The van der Waals surface area contributed by atoms with Crippen molar-refractivity contribution in [3.8, 4) is 83.6 Å². The molecule has 0 amide bonds. The second-order valence-electron chi connectivity index (χ2n) is 33.6. The van der Waals surface area contributed by atoms with Crippen molar-refractivity contribution >= 4 is 119 Å². The molecular formula is C114H84N4SSi2. The molecule has 0 N–H and O–H groups in total. The molecule has 2 aliphatic rings. The fourth-order valence-corrected chi connectivity index (χ4v) is 30.5. The number of hydrogen-bond donors (Lipinski definition) is 0. The second kappa shape index (κ2) is 29.4. The van der Waals surface area contributed by atoms with Crippen molar-refractivity contribution in [1.82, 2.24) is 13.3 Å². The van der Waals surface area contributed by atoms with E-state index < -0.39 is 16.1 Å². The summed E-state index contributed by atoms with van der Waals surface area (Å²) in [7, 11) is -5.53. The number of hydrogen-bond acceptors (Lipinski definition) is 4. The van der Waals surface area contributed by atoms with Crippen molar-refractivity contribution in [2.75, 3.05) is 4.90 Å². The van der Waals surface area contributed by atoms with E-state index in [9.17, 15) is 0 Å². The lowest BCUT2D eigenvalue weighted by molar-refractivity contribution is 0.660. The Bertz CT molecular complexity index is 6740. The molecule has 0 bridgehead atoms. The van der Waals surface area contributed by atoms with Gasteiger partial charge in [-0.2, -0.15) is 8.75 Å². The molecular weight excluding hydrogens is 1510 g/mol. The van der Waals surface area contributed by atoms with Crippen molar-refractivity contribution in [2.45, 2.75) is 38.5 Å². The minimum Gasteiger partial charge on any atom is -0.309 e. The molecule has 2 aliphatic carbocycles. The quantitative estimate of drug-likeness (QED) is 0.0673. The lowest BCUT2D eigenvalue weighted by atomic mass is 9.81. The molecule has 20 aromatic rings. The highest BCUT2D eigenvalue weighted by Gasteiger charge is 2.44. The normalized spacial score (nSPS) is 13.1. The van der Waals surface area contributed by atoms with Crippen molar-refractivity contribution in [3.63, 3.8) is 0 Å². The molecule has 0 aliphatic heterocycles. The first-order chi connectivity index (χ1) is 59.5. The zero-order chi connectivity index (χ0) is 81.0. The maximum Gasteiger partial charge on any atom is 0.179 e. The van der Waals surface area contributed by atoms with Crippen LogP contribution in [0.15, 0.2) is 437 Å². The highest BCUT2D eigenvalue weighted by atomic mass is 32.1.